The Bertz CT molecular complexity index is 964. The predicted molar refractivity (Wildman–Crippen MR) is 107 cm³/mol. The Hall–Kier alpha value is -3.32. The van der Waals surface area contributed by atoms with E-state index in [9.17, 15) is 24.9 Å². The van der Waals surface area contributed by atoms with Crippen molar-refractivity contribution in [3.05, 3.63) is 64.7 Å². The van der Waals surface area contributed by atoms with Gasteiger partial charge in [-0.3, -0.25) is 9.59 Å². The number of carbonyl (C=O) groups excluding carboxylic acids is 2. The highest BCUT2D eigenvalue weighted by molar-refractivity contribution is 6.46. The van der Waals surface area contributed by atoms with Crippen molar-refractivity contribution < 1.29 is 29.6 Å². The number of hydrogen-bond donors (Lipinski definition) is 3. The average molecular weight is 397 g/mol. The standard InChI is InChI=1S/C22H23NO6/c1-3-29-17-12-15(8-9-16(17)25)19-18(21(27)22(28)23(19)10-11-24)20(26)14-6-4-13(2)5-7-14/h4-9,12,19,24-26H,3,10-11H2,1-2H3/b20-18+. The van der Waals surface area contributed by atoms with E-state index >= 15 is 0 Å². The van der Waals surface area contributed by atoms with Gasteiger partial charge in [0.15, 0.2) is 11.5 Å². The van der Waals surface area contributed by atoms with Crippen molar-refractivity contribution in [2.75, 3.05) is 19.8 Å². The predicted octanol–water partition coefficient (Wildman–Crippen LogP) is 2.51. The molecule has 1 aliphatic rings. The maximum Gasteiger partial charge on any atom is 0.295 e. The second-order valence-electron chi connectivity index (χ2n) is 6.74. The number of nitrogens with zero attached hydrogens (tertiary/aromatic N) is 1. The molecule has 0 bridgehead atoms. The Kier molecular flexibility index (Phi) is 5.89. The second-order valence-corrected chi connectivity index (χ2v) is 6.74. The lowest BCUT2D eigenvalue weighted by molar-refractivity contribution is -0.140. The Morgan fingerprint density at radius 2 is 1.83 bits per heavy atom. The van der Waals surface area contributed by atoms with Crippen LogP contribution in [0.2, 0.25) is 0 Å². The lowest BCUT2D eigenvalue weighted by atomic mass is 9.94. The molecule has 7 heteroatoms. The first kappa shape index (κ1) is 20.4. The van der Waals surface area contributed by atoms with E-state index in [2.05, 4.69) is 0 Å². The summed E-state index contributed by atoms with van der Waals surface area (Å²) in [6.07, 6.45) is 0. The number of carbonyl (C=O) groups is 2. The number of β-amino-alcohol motifs (C(OH)–C–C–N with tert-alkyl or cyclic N) is 1. The number of phenols is 1. The molecule has 1 amide bonds. The van der Waals surface area contributed by atoms with Gasteiger partial charge in [0, 0.05) is 12.1 Å². The first-order chi connectivity index (χ1) is 13.9. The van der Waals surface area contributed by atoms with E-state index in [1.54, 1.807) is 37.3 Å². The number of Topliss-reactive ketones (excluding diaryl/α,β-unsaturated/α-hetero) is 1. The minimum absolute atomic E-state index is 0.0690. The number of benzene rings is 2. The van der Waals surface area contributed by atoms with Crippen LogP contribution in [0.3, 0.4) is 0 Å². The fraction of sp³-hybridized carbons (Fsp3) is 0.273. The van der Waals surface area contributed by atoms with Gasteiger partial charge >= 0.3 is 0 Å². The van der Waals surface area contributed by atoms with Crippen LogP contribution in [-0.4, -0.2) is 51.7 Å². The third-order valence-electron chi connectivity index (χ3n) is 4.81. The van der Waals surface area contributed by atoms with Gasteiger partial charge in [-0.05, 0) is 31.5 Å². The number of aliphatic hydroxyl groups is 2. The summed E-state index contributed by atoms with van der Waals surface area (Å²) in [7, 11) is 0. The average Bonchev–Trinajstić information content (AvgIpc) is 2.95. The van der Waals surface area contributed by atoms with E-state index in [4.69, 9.17) is 4.74 Å². The largest absolute Gasteiger partial charge is 0.507 e. The van der Waals surface area contributed by atoms with Gasteiger partial charge in [-0.2, -0.15) is 0 Å². The molecule has 0 aromatic heterocycles. The van der Waals surface area contributed by atoms with Gasteiger partial charge in [-0.1, -0.05) is 35.9 Å². The van der Waals surface area contributed by atoms with Crippen LogP contribution in [0.15, 0.2) is 48.0 Å². The highest BCUT2D eigenvalue weighted by Crippen LogP contribution is 2.41. The van der Waals surface area contributed by atoms with Gasteiger partial charge in [-0.25, -0.2) is 0 Å². The molecule has 0 aliphatic carbocycles. The summed E-state index contributed by atoms with van der Waals surface area (Å²) in [5, 5.41) is 30.3. The van der Waals surface area contributed by atoms with E-state index in [0.29, 0.717) is 17.7 Å². The number of aryl methyl sites for hydroxylation is 1. The fourth-order valence-electron chi connectivity index (χ4n) is 3.40. The van der Waals surface area contributed by atoms with E-state index < -0.39 is 17.7 Å². The smallest absolute Gasteiger partial charge is 0.295 e. The number of ether oxygens (including phenoxy) is 1. The monoisotopic (exact) mass is 397 g/mol. The van der Waals surface area contributed by atoms with Gasteiger partial charge < -0.3 is 25.0 Å². The molecule has 2 aromatic carbocycles. The van der Waals surface area contributed by atoms with Crippen molar-refractivity contribution in [1.29, 1.82) is 0 Å². The summed E-state index contributed by atoms with van der Waals surface area (Å²) >= 11 is 0. The summed E-state index contributed by atoms with van der Waals surface area (Å²) in [6, 6.07) is 10.5. The Morgan fingerprint density at radius 1 is 1.14 bits per heavy atom. The SMILES string of the molecule is CCOc1cc(C2/C(=C(\O)c3ccc(C)cc3)C(=O)C(=O)N2CCO)ccc1O. The van der Waals surface area contributed by atoms with E-state index in [0.717, 1.165) is 5.56 Å². The molecule has 2 aromatic rings. The Labute approximate surface area is 168 Å². The number of phenolic OH excluding ortho intramolecular Hbond substituents is 1. The second kappa shape index (κ2) is 8.36. The highest BCUT2D eigenvalue weighted by Gasteiger charge is 2.46. The van der Waals surface area contributed by atoms with Crippen LogP contribution in [-0.2, 0) is 9.59 Å². The van der Waals surface area contributed by atoms with Crippen LogP contribution in [0.25, 0.3) is 5.76 Å². The maximum absolute atomic E-state index is 12.8. The van der Waals surface area contributed by atoms with Crippen molar-refractivity contribution in [2.24, 2.45) is 0 Å². The van der Waals surface area contributed by atoms with Crippen molar-refractivity contribution in [3.8, 4) is 11.5 Å². The van der Waals surface area contributed by atoms with Crippen LogP contribution in [0.5, 0.6) is 11.5 Å². The van der Waals surface area contributed by atoms with Gasteiger partial charge in [0.25, 0.3) is 11.7 Å². The maximum atomic E-state index is 12.8. The summed E-state index contributed by atoms with van der Waals surface area (Å²) in [5.41, 5.74) is 1.80. The number of amides is 1. The van der Waals surface area contributed by atoms with E-state index in [1.807, 2.05) is 6.92 Å². The number of rotatable bonds is 6. The zero-order valence-electron chi connectivity index (χ0n) is 16.3. The normalized spacial score (nSPS) is 18.3. The quantitative estimate of drug-likeness (QED) is 0.393. The topological polar surface area (TPSA) is 107 Å². The molecule has 1 fully saturated rings. The molecule has 0 spiro atoms. The number of likely N-dealkylation sites (tertiary alicyclic amines) is 1. The molecule has 1 atom stereocenters. The van der Waals surface area contributed by atoms with Crippen LogP contribution in [0.1, 0.15) is 29.7 Å². The number of aromatic hydroxyl groups is 1. The molecule has 3 rings (SSSR count). The molecule has 7 nitrogen and oxygen atoms in total. The molecule has 152 valence electrons. The number of hydrogen-bond acceptors (Lipinski definition) is 6. The first-order valence-electron chi connectivity index (χ1n) is 9.31. The van der Waals surface area contributed by atoms with Crippen LogP contribution in [0.4, 0.5) is 0 Å². The summed E-state index contributed by atoms with van der Waals surface area (Å²) in [6.45, 7) is 3.56. The molecular formula is C22H23NO6. The van der Waals surface area contributed by atoms with Crippen LogP contribution in [0, 0.1) is 6.92 Å². The minimum atomic E-state index is -0.914. The molecule has 29 heavy (non-hydrogen) atoms. The van der Waals surface area contributed by atoms with Crippen molar-refractivity contribution in [1.82, 2.24) is 4.90 Å². The zero-order chi connectivity index (χ0) is 21.1. The lowest BCUT2D eigenvalue weighted by Gasteiger charge is -2.25. The molecule has 1 aliphatic heterocycles. The third kappa shape index (κ3) is 3.82. The van der Waals surface area contributed by atoms with Gasteiger partial charge in [0.1, 0.15) is 5.76 Å². The van der Waals surface area contributed by atoms with Crippen molar-refractivity contribution in [3.63, 3.8) is 0 Å². The fourth-order valence-corrected chi connectivity index (χ4v) is 3.40. The molecule has 0 saturated carbocycles. The van der Waals surface area contributed by atoms with Crippen LogP contribution < -0.4 is 4.74 Å². The molecule has 1 saturated heterocycles. The molecule has 3 N–H and O–H groups in total. The van der Waals surface area contributed by atoms with Crippen LogP contribution >= 0.6 is 0 Å². The van der Waals surface area contributed by atoms with Gasteiger partial charge in [0.2, 0.25) is 0 Å². The zero-order valence-corrected chi connectivity index (χ0v) is 16.3. The van der Waals surface area contributed by atoms with Crippen molar-refractivity contribution in [2.45, 2.75) is 19.9 Å². The summed E-state index contributed by atoms with van der Waals surface area (Å²) < 4.78 is 5.41. The molecule has 0 radical (unpaired) electrons. The van der Waals surface area contributed by atoms with Crippen molar-refractivity contribution >= 4 is 17.4 Å². The third-order valence-corrected chi connectivity index (χ3v) is 4.81. The number of aliphatic hydroxyl groups excluding tert-OH is 2. The highest BCUT2D eigenvalue weighted by atomic mass is 16.5. The minimum Gasteiger partial charge on any atom is -0.507 e. The van der Waals surface area contributed by atoms with Gasteiger partial charge in [0.05, 0.1) is 24.8 Å². The Morgan fingerprint density at radius 3 is 2.45 bits per heavy atom. The number of ketones is 1. The van der Waals surface area contributed by atoms with E-state index in [-0.39, 0.29) is 36.0 Å². The molecular weight excluding hydrogens is 374 g/mol. The lowest BCUT2D eigenvalue weighted by Crippen LogP contribution is -2.32. The first-order valence-corrected chi connectivity index (χ1v) is 9.31. The summed E-state index contributed by atoms with van der Waals surface area (Å²) in [5.74, 6) is -1.79. The van der Waals surface area contributed by atoms with Gasteiger partial charge in [-0.15, -0.1) is 0 Å². The molecule has 1 heterocycles. The van der Waals surface area contributed by atoms with E-state index in [1.165, 1.54) is 17.0 Å². The Balaban J connectivity index is 2.19. The summed E-state index contributed by atoms with van der Waals surface area (Å²) in [4.78, 5) is 26.6. The molecule has 1 unspecified atom stereocenters.